The van der Waals surface area contributed by atoms with Crippen LogP contribution in [-0.2, 0) is 0 Å². The van der Waals surface area contributed by atoms with Crippen LogP contribution in [0.1, 0.15) is 54.4 Å². The summed E-state index contributed by atoms with van der Waals surface area (Å²) in [5, 5.41) is 37.5. The largest absolute Gasteiger partial charge is 0.386 e. The molecular formula is C20H36O4. The summed E-state index contributed by atoms with van der Waals surface area (Å²) in [6.45, 7) is 17.1. The lowest BCUT2D eigenvalue weighted by molar-refractivity contribution is 0.111. The predicted octanol–water partition coefficient (Wildman–Crippen LogP) is 3.28. The first-order chi connectivity index (χ1) is 10.5. The van der Waals surface area contributed by atoms with Gasteiger partial charge in [0, 0.05) is 0 Å². The van der Waals surface area contributed by atoms with Crippen LogP contribution in [-0.4, -0.2) is 42.8 Å². The summed E-state index contributed by atoms with van der Waals surface area (Å²) >= 11 is 0. The van der Waals surface area contributed by atoms with Gasteiger partial charge in [-0.1, -0.05) is 36.5 Å². The van der Waals surface area contributed by atoms with Crippen LogP contribution in [0.4, 0.5) is 0 Å². The molecule has 0 aromatic rings. The fourth-order valence-corrected chi connectivity index (χ4v) is 1.34. The molecule has 4 N–H and O–H groups in total. The minimum Gasteiger partial charge on any atom is -0.386 e. The van der Waals surface area contributed by atoms with Gasteiger partial charge in [0.05, 0.1) is 22.4 Å². The number of aliphatic hydroxyl groups is 4. The molecule has 0 fully saturated rings. The van der Waals surface area contributed by atoms with Crippen LogP contribution < -0.4 is 0 Å². The van der Waals surface area contributed by atoms with Gasteiger partial charge in [0.2, 0.25) is 0 Å². The lowest BCUT2D eigenvalue weighted by Crippen LogP contribution is -2.20. The fourth-order valence-electron chi connectivity index (χ4n) is 1.34. The third-order valence-electron chi connectivity index (χ3n) is 2.99. The maximum atomic E-state index is 9.47. The van der Waals surface area contributed by atoms with Crippen molar-refractivity contribution in [2.24, 2.45) is 0 Å². The molecular weight excluding hydrogens is 304 g/mol. The van der Waals surface area contributed by atoms with Gasteiger partial charge in [-0.2, -0.15) is 0 Å². The molecule has 4 heteroatoms. The molecule has 0 rings (SSSR count). The molecule has 0 saturated heterocycles. The van der Waals surface area contributed by atoms with Crippen LogP contribution in [0.3, 0.4) is 0 Å². The maximum Gasteiger partial charge on any atom is 0.0831 e. The van der Waals surface area contributed by atoms with Crippen molar-refractivity contribution < 1.29 is 20.4 Å². The Labute approximate surface area is 147 Å². The summed E-state index contributed by atoms with van der Waals surface area (Å²) in [5.74, 6) is 0. The van der Waals surface area contributed by atoms with E-state index in [0.717, 1.165) is 0 Å². The Kier molecular flexibility index (Phi) is 10.4. The van der Waals surface area contributed by atoms with E-state index in [9.17, 15) is 20.4 Å². The molecule has 2 unspecified atom stereocenters. The highest BCUT2D eigenvalue weighted by atomic mass is 16.3. The molecule has 4 nitrogen and oxygen atoms in total. The molecule has 0 aromatic heterocycles. The van der Waals surface area contributed by atoms with Crippen molar-refractivity contribution in [2.75, 3.05) is 0 Å². The molecule has 140 valence electrons. The van der Waals surface area contributed by atoms with Crippen LogP contribution in [0.2, 0.25) is 0 Å². The Morgan fingerprint density at radius 1 is 0.625 bits per heavy atom. The zero-order valence-electron chi connectivity index (χ0n) is 16.1. The van der Waals surface area contributed by atoms with Gasteiger partial charge in [0.25, 0.3) is 0 Å². The minimum atomic E-state index is -0.873. The van der Waals surface area contributed by atoms with Crippen LogP contribution in [0.15, 0.2) is 49.6 Å². The normalized spacial score (nSPS) is 17.8. The molecule has 0 aliphatic heterocycles. The van der Waals surface area contributed by atoms with E-state index < -0.39 is 22.4 Å². The molecule has 0 aromatic carbocycles. The van der Waals surface area contributed by atoms with Gasteiger partial charge >= 0.3 is 0 Å². The summed E-state index contributed by atoms with van der Waals surface area (Å²) in [5.41, 5.74) is -3.36. The molecule has 0 radical (unpaired) electrons. The smallest absolute Gasteiger partial charge is 0.0831 e. The van der Waals surface area contributed by atoms with Gasteiger partial charge in [-0.25, -0.2) is 0 Å². The lowest BCUT2D eigenvalue weighted by Gasteiger charge is -2.17. The van der Waals surface area contributed by atoms with Crippen molar-refractivity contribution in [3.63, 3.8) is 0 Å². The van der Waals surface area contributed by atoms with Gasteiger partial charge < -0.3 is 20.4 Å². The van der Waals surface area contributed by atoms with Gasteiger partial charge in [0.1, 0.15) is 0 Å². The van der Waals surface area contributed by atoms with Crippen LogP contribution >= 0.6 is 0 Å². The van der Waals surface area contributed by atoms with E-state index in [0.29, 0.717) is 12.8 Å². The third-order valence-corrected chi connectivity index (χ3v) is 2.99. The topological polar surface area (TPSA) is 80.9 Å². The third kappa shape index (κ3) is 18.8. The molecule has 2 atom stereocenters. The minimum absolute atomic E-state index is 0.473. The first-order valence-corrected chi connectivity index (χ1v) is 8.06. The van der Waals surface area contributed by atoms with Crippen LogP contribution in [0, 0.1) is 0 Å². The number of hydrogen-bond acceptors (Lipinski definition) is 4. The van der Waals surface area contributed by atoms with Gasteiger partial charge in [-0.3, -0.25) is 0 Å². The molecule has 0 saturated carbocycles. The second-order valence-electron chi connectivity index (χ2n) is 7.64. The monoisotopic (exact) mass is 340 g/mol. The second-order valence-corrected chi connectivity index (χ2v) is 7.64. The molecule has 0 aliphatic rings. The Balaban J connectivity index is 0. The average Bonchev–Trinajstić information content (AvgIpc) is 2.36. The zero-order valence-corrected chi connectivity index (χ0v) is 16.1. The van der Waals surface area contributed by atoms with Crippen molar-refractivity contribution in [1.29, 1.82) is 0 Å². The van der Waals surface area contributed by atoms with Gasteiger partial charge in [-0.05, 0) is 54.4 Å². The summed E-state index contributed by atoms with van der Waals surface area (Å²) in [6.07, 6.45) is 10.7. The van der Waals surface area contributed by atoms with E-state index in [1.54, 1.807) is 65.8 Å². The van der Waals surface area contributed by atoms with Gasteiger partial charge in [-0.15, -0.1) is 13.2 Å². The molecule has 0 bridgehead atoms. The predicted molar refractivity (Wildman–Crippen MR) is 102 cm³/mol. The Bertz CT molecular complexity index is 388. The SMILES string of the molecule is C=CC(C)(O)CC=CC(C)(C)O.C=CC(C)(O)CC=CC(C)(C)O. The first kappa shape index (κ1) is 25.0. The highest BCUT2D eigenvalue weighted by Gasteiger charge is 2.14. The highest BCUT2D eigenvalue weighted by Crippen LogP contribution is 2.13. The fraction of sp³-hybridized carbons (Fsp3) is 0.600. The Hall–Kier alpha value is -1.20. The molecule has 0 heterocycles. The van der Waals surface area contributed by atoms with E-state index in [1.165, 1.54) is 12.2 Å². The van der Waals surface area contributed by atoms with Crippen molar-refractivity contribution in [1.82, 2.24) is 0 Å². The lowest BCUT2D eigenvalue weighted by atomic mass is 10.0. The van der Waals surface area contributed by atoms with E-state index in [4.69, 9.17) is 0 Å². The molecule has 24 heavy (non-hydrogen) atoms. The van der Waals surface area contributed by atoms with Crippen LogP contribution in [0.25, 0.3) is 0 Å². The molecule has 0 amide bonds. The maximum absolute atomic E-state index is 9.47. The Morgan fingerprint density at radius 2 is 0.875 bits per heavy atom. The Morgan fingerprint density at radius 3 is 1.04 bits per heavy atom. The van der Waals surface area contributed by atoms with Crippen molar-refractivity contribution in [3.05, 3.63) is 49.6 Å². The number of hydrogen-bond donors (Lipinski definition) is 4. The van der Waals surface area contributed by atoms with E-state index in [-0.39, 0.29) is 0 Å². The molecule has 0 aliphatic carbocycles. The van der Waals surface area contributed by atoms with E-state index in [1.807, 2.05) is 0 Å². The molecule has 0 spiro atoms. The average molecular weight is 341 g/mol. The highest BCUT2D eigenvalue weighted by molar-refractivity contribution is 5.03. The first-order valence-electron chi connectivity index (χ1n) is 8.06. The summed E-state index contributed by atoms with van der Waals surface area (Å²) in [7, 11) is 0. The van der Waals surface area contributed by atoms with Crippen LogP contribution in [0.5, 0.6) is 0 Å². The number of rotatable bonds is 8. The quantitative estimate of drug-likeness (QED) is 0.511. The summed E-state index contributed by atoms with van der Waals surface area (Å²) < 4.78 is 0. The summed E-state index contributed by atoms with van der Waals surface area (Å²) in [4.78, 5) is 0. The van der Waals surface area contributed by atoms with Gasteiger partial charge in [0.15, 0.2) is 0 Å². The van der Waals surface area contributed by atoms with Crippen molar-refractivity contribution in [3.8, 4) is 0 Å². The van der Waals surface area contributed by atoms with Crippen molar-refractivity contribution in [2.45, 2.75) is 76.8 Å². The standard InChI is InChI=1S/2C10H18O2/c2*1-5-10(4,12)8-6-7-9(2,3)11/h2*5-7,11-12H,1,8H2,2-4H3. The van der Waals surface area contributed by atoms with Crippen molar-refractivity contribution >= 4 is 0 Å². The summed E-state index contributed by atoms with van der Waals surface area (Å²) in [6, 6.07) is 0. The van der Waals surface area contributed by atoms with E-state index >= 15 is 0 Å². The second kappa shape index (κ2) is 9.94. The zero-order chi connectivity index (χ0) is 19.7. The van der Waals surface area contributed by atoms with E-state index in [2.05, 4.69) is 13.2 Å².